The lowest BCUT2D eigenvalue weighted by Gasteiger charge is -2.39. The molecule has 2 heterocycles. The van der Waals surface area contributed by atoms with Crippen molar-refractivity contribution in [3.8, 4) is 5.75 Å². The Morgan fingerprint density at radius 2 is 2.00 bits per heavy atom. The van der Waals surface area contributed by atoms with E-state index in [0.29, 0.717) is 0 Å². The number of rotatable bonds is 10. The van der Waals surface area contributed by atoms with Gasteiger partial charge in [0.15, 0.2) is 6.23 Å². The fraction of sp³-hybridized carbons (Fsp3) is 0.545. The summed E-state index contributed by atoms with van der Waals surface area (Å²) in [5.41, 5.74) is -2.64. The van der Waals surface area contributed by atoms with E-state index in [9.17, 15) is 24.4 Å². The highest BCUT2D eigenvalue weighted by atomic mass is 32.1. The first kappa shape index (κ1) is 28.5. The number of amides is 1. The van der Waals surface area contributed by atoms with Crippen LogP contribution in [0.5, 0.6) is 5.75 Å². The molecule has 7 atom stereocenters. The molecular formula is C22H32N3O9PS. The summed E-state index contributed by atoms with van der Waals surface area (Å²) < 4.78 is 35.8. The maximum Gasteiger partial charge on any atom is 0.459 e. The fourth-order valence-electron chi connectivity index (χ4n) is 3.60. The van der Waals surface area contributed by atoms with Crippen LogP contribution in [-0.4, -0.2) is 75.3 Å². The van der Waals surface area contributed by atoms with Crippen LogP contribution in [0.2, 0.25) is 0 Å². The number of nitrogens with zero attached hydrogens (tertiary/aromatic N) is 1. The lowest BCUT2D eigenvalue weighted by Crippen LogP contribution is -2.57. The van der Waals surface area contributed by atoms with Crippen molar-refractivity contribution in [1.29, 1.82) is 0 Å². The second-order valence-electron chi connectivity index (χ2n) is 8.88. The Labute approximate surface area is 214 Å². The molecule has 1 saturated heterocycles. The number of carbonyl (C=O) groups is 2. The van der Waals surface area contributed by atoms with Crippen LogP contribution in [0.4, 0.5) is 0 Å². The number of nitrogens with one attached hydrogen (secondary N) is 2. The molecule has 4 N–H and O–H groups in total. The first-order valence-electron chi connectivity index (χ1n) is 11.3. The molecule has 0 bridgehead atoms. The Morgan fingerprint density at radius 3 is 2.61 bits per heavy atom. The van der Waals surface area contributed by atoms with Gasteiger partial charge in [-0.25, -0.2) is 4.57 Å². The molecular weight excluding hydrogens is 513 g/mol. The number of esters is 1. The van der Waals surface area contributed by atoms with E-state index in [1.54, 1.807) is 44.2 Å². The topological polar surface area (TPSA) is 156 Å². The minimum Gasteiger partial charge on any atom is -0.462 e. The second-order valence-corrected chi connectivity index (χ2v) is 11.1. The average molecular weight is 546 g/mol. The van der Waals surface area contributed by atoms with Crippen LogP contribution in [0.25, 0.3) is 0 Å². The van der Waals surface area contributed by atoms with E-state index >= 15 is 0 Å². The van der Waals surface area contributed by atoms with Crippen molar-refractivity contribution < 1.29 is 42.9 Å². The number of ether oxygens (including phenoxy) is 2. The highest BCUT2D eigenvalue weighted by Gasteiger charge is 2.55. The number of thiol groups is 1. The molecule has 3 unspecified atom stereocenters. The van der Waals surface area contributed by atoms with E-state index in [1.807, 2.05) is 0 Å². The van der Waals surface area contributed by atoms with Gasteiger partial charge in [-0.2, -0.15) is 5.09 Å². The summed E-state index contributed by atoms with van der Waals surface area (Å²) in [5.74, 6) is -0.827. The van der Waals surface area contributed by atoms with Gasteiger partial charge < -0.3 is 34.4 Å². The zero-order chi connectivity index (χ0) is 26.7. The van der Waals surface area contributed by atoms with Crippen molar-refractivity contribution in [2.24, 2.45) is 0 Å². The van der Waals surface area contributed by atoms with Gasteiger partial charge in [0.1, 0.15) is 35.1 Å². The minimum atomic E-state index is -4.21. The zero-order valence-corrected chi connectivity index (χ0v) is 22.1. The normalized spacial score (nSPS) is 30.6. The van der Waals surface area contributed by atoms with Crippen LogP contribution in [0.1, 0.15) is 27.7 Å². The quantitative estimate of drug-likeness (QED) is 0.163. The van der Waals surface area contributed by atoms with Gasteiger partial charge in [0.25, 0.3) is 0 Å². The summed E-state index contributed by atoms with van der Waals surface area (Å²) in [4.78, 5) is 25.3. The summed E-state index contributed by atoms with van der Waals surface area (Å²) in [6, 6.07) is 7.13. The van der Waals surface area contributed by atoms with E-state index in [0.717, 1.165) is 0 Å². The molecule has 0 aliphatic carbocycles. The SMILES string of the molecule is CC(C)OC(=O)[C@H](C)NP(=O)(OC[C@H]1O[C@@H](N2C=CC(=O)NC2S)C(C)(O)[C@H]1O)Oc1ccccc1. The summed E-state index contributed by atoms with van der Waals surface area (Å²) >= 11 is 4.28. The molecule has 36 heavy (non-hydrogen) atoms. The van der Waals surface area contributed by atoms with E-state index in [2.05, 4.69) is 23.0 Å². The number of hydrogen-bond acceptors (Lipinski definition) is 11. The van der Waals surface area contributed by atoms with Crippen molar-refractivity contribution in [1.82, 2.24) is 15.3 Å². The van der Waals surface area contributed by atoms with Crippen molar-refractivity contribution in [2.75, 3.05) is 6.61 Å². The van der Waals surface area contributed by atoms with Crippen LogP contribution >= 0.6 is 20.4 Å². The standard InChI is InChI=1S/C22H32N3O9PS/c1-13(2)32-19(28)14(3)24-35(30,34-15-8-6-5-7-9-15)31-12-16-18(27)22(4,29)20(33-16)25-11-10-17(26)23-21(25)36/h5-11,13-14,16,18,20-21,27,29,36H,12H2,1-4H3,(H,23,26)(H,24,30)/t14-,16+,18-,20+,21?,22?,35?/m0/s1. The van der Waals surface area contributed by atoms with Gasteiger partial charge in [-0.3, -0.25) is 14.1 Å². The predicted octanol–water partition coefficient (Wildman–Crippen LogP) is 1.12. The van der Waals surface area contributed by atoms with Gasteiger partial charge in [-0.1, -0.05) is 18.2 Å². The summed E-state index contributed by atoms with van der Waals surface area (Å²) in [7, 11) is -4.21. The number of carbonyl (C=O) groups excluding carboxylic acids is 2. The molecule has 0 aromatic heterocycles. The highest BCUT2D eigenvalue weighted by Crippen LogP contribution is 2.46. The van der Waals surface area contributed by atoms with E-state index in [-0.39, 0.29) is 17.8 Å². The molecule has 1 aromatic rings. The summed E-state index contributed by atoms with van der Waals surface area (Å²) in [6.45, 7) is 5.69. The number of hydrogen-bond donors (Lipinski definition) is 5. The van der Waals surface area contributed by atoms with Crippen molar-refractivity contribution in [3.05, 3.63) is 42.6 Å². The first-order chi connectivity index (χ1) is 16.8. The summed E-state index contributed by atoms with van der Waals surface area (Å²) in [6.07, 6.45) is -1.51. The number of aliphatic hydroxyl groups is 2. The third-order valence-corrected chi connectivity index (χ3v) is 7.45. The third-order valence-electron chi connectivity index (χ3n) is 5.41. The summed E-state index contributed by atoms with van der Waals surface area (Å²) in [5, 5.41) is 26.8. The largest absolute Gasteiger partial charge is 0.462 e. The van der Waals surface area contributed by atoms with Crippen molar-refractivity contribution in [2.45, 2.75) is 69.4 Å². The van der Waals surface area contributed by atoms with Gasteiger partial charge >= 0.3 is 13.7 Å². The van der Waals surface area contributed by atoms with Crippen LogP contribution in [0.15, 0.2) is 42.6 Å². The smallest absolute Gasteiger partial charge is 0.459 e. The lowest BCUT2D eigenvalue weighted by molar-refractivity contribution is -0.149. The van der Waals surface area contributed by atoms with Gasteiger partial charge in [0.2, 0.25) is 5.91 Å². The molecule has 3 rings (SSSR count). The second kappa shape index (κ2) is 11.5. The molecule has 14 heteroatoms. The maximum absolute atomic E-state index is 13.6. The van der Waals surface area contributed by atoms with Crippen molar-refractivity contribution in [3.63, 3.8) is 0 Å². The molecule has 12 nitrogen and oxygen atoms in total. The number of para-hydroxylation sites is 1. The predicted molar refractivity (Wildman–Crippen MR) is 132 cm³/mol. The van der Waals surface area contributed by atoms with Crippen molar-refractivity contribution >= 4 is 32.3 Å². The van der Waals surface area contributed by atoms with Crippen LogP contribution in [0.3, 0.4) is 0 Å². The van der Waals surface area contributed by atoms with Crippen LogP contribution in [0, 0.1) is 0 Å². The molecule has 1 aromatic carbocycles. The Morgan fingerprint density at radius 1 is 1.33 bits per heavy atom. The maximum atomic E-state index is 13.6. The molecule has 0 saturated carbocycles. The van der Waals surface area contributed by atoms with E-state index in [4.69, 9.17) is 18.5 Å². The fourth-order valence-corrected chi connectivity index (χ4v) is 5.43. The first-order valence-corrected chi connectivity index (χ1v) is 13.4. The zero-order valence-electron chi connectivity index (χ0n) is 20.3. The lowest BCUT2D eigenvalue weighted by atomic mass is 9.96. The van der Waals surface area contributed by atoms with Gasteiger partial charge in [-0.05, 0) is 39.8 Å². The van der Waals surface area contributed by atoms with E-state index in [1.165, 1.54) is 31.0 Å². The number of benzene rings is 1. The van der Waals surface area contributed by atoms with Gasteiger partial charge in [0, 0.05) is 12.3 Å². The average Bonchev–Trinajstić information content (AvgIpc) is 3.01. The molecule has 200 valence electrons. The van der Waals surface area contributed by atoms with E-state index < -0.39 is 55.9 Å². The Bertz CT molecular complexity index is 1010. The molecule has 0 spiro atoms. The molecule has 2 aliphatic heterocycles. The third kappa shape index (κ3) is 6.80. The highest BCUT2D eigenvalue weighted by molar-refractivity contribution is 7.80. The molecule has 2 aliphatic rings. The molecule has 1 fully saturated rings. The van der Waals surface area contributed by atoms with Crippen LogP contribution < -0.4 is 14.9 Å². The van der Waals surface area contributed by atoms with Gasteiger partial charge in [0.05, 0.1) is 12.7 Å². The molecule has 0 radical (unpaired) electrons. The number of aliphatic hydroxyl groups excluding tert-OH is 1. The Balaban J connectivity index is 1.75. The van der Waals surface area contributed by atoms with Crippen LogP contribution in [-0.2, 0) is 28.2 Å². The minimum absolute atomic E-state index is 0.211. The monoisotopic (exact) mass is 545 g/mol. The Hall–Kier alpha value is -2.12. The Kier molecular flexibility index (Phi) is 9.10. The van der Waals surface area contributed by atoms with Gasteiger partial charge in [-0.15, -0.1) is 12.6 Å². The molecule has 1 amide bonds.